The maximum absolute atomic E-state index is 5.71. The number of allylic oxidation sites excluding steroid dienone is 1. The molecule has 0 spiro atoms. The molecule has 16 heavy (non-hydrogen) atoms. The first kappa shape index (κ1) is 11.4. The molecule has 1 aromatic carbocycles. The van der Waals surface area contributed by atoms with Gasteiger partial charge in [0.15, 0.2) is 0 Å². The Morgan fingerprint density at radius 2 is 2.00 bits per heavy atom. The van der Waals surface area contributed by atoms with E-state index in [1.165, 1.54) is 24.0 Å². The van der Waals surface area contributed by atoms with Gasteiger partial charge in [0.05, 0.1) is 13.2 Å². The Morgan fingerprint density at radius 1 is 1.12 bits per heavy atom. The summed E-state index contributed by atoms with van der Waals surface area (Å²) in [5.74, 6) is 0. The van der Waals surface area contributed by atoms with E-state index in [-0.39, 0.29) is 0 Å². The van der Waals surface area contributed by atoms with Gasteiger partial charge in [-0.15, -0.1) is 0 Å². The van der Waals surface area contributed by atoms with Crippen molar-refractivity contribution in [1.82, 2.24) is 5.32 Å². The van der Waals surface area contributed by atoms with Crippen LogP contribution in [-0.4, -0.2) is 19.7 Å². The molecule has 0 saturated carbocycles. The van der Waals surface area contributed by atoms with Gasteiger partial charge >= 0.3 is 0 Å². The highest BCUT2D eigenvalue weighted by atomic mass is 16.5. The third-order valence-corrected chi connectivity index (χ3v) is 2.74. The summed E-state index contributed by atoms with van der Waals surface area (Å²) >= 11 is 0. The lowest BCUT2D eigenvalue weighted by atomic mass is 10.2. The van der Waals surface area contributed by atoms with E-state index in [0.29, 0.717) is 6.61 Å². The number of nitrogens with one attached hydrogen (secondary N) is 1. The van der Waals surface area contributed by atoms with E-state index in [0.717, 1.165) is 19.7 Å². The summed E-state index contributed by atoms with van der Waals surface area (Å²) in [5.41, 5.74) is 2.62. The molecule has 2 rings (SSSR count). The second kappa shape index (κ2) is 6.46. The minimum absolute atomic E-state index is 0.707. The maximum Gasteiger partial charge on any atom is 0.0721 e. The third-order valence-electron chi connectivity index (χ3n) is 2.74. The zero-order valence-corrected chi connectivity index (χ0v) is 9.61. The molecule has 1 aromatic rings. The first-order valence-electron chi connectivity index (χ1n) is 5.95. The number of ether oxygens (including phenoxy) is 1. The van der Waals surface area contributed by atoms with Crippen LogP contribution in [0.2, 0.25) is 0 Å². The predicted molar refractivity (Wildman–Crippen MR) is 66.3 cm³/mol. The van der Waals surface area contributed by atoms with Crippen LogP contribution in [0.25, 0.3) is 0 Å². The number of hydrogen-bond donors (Lipinski definition) is 1. The van der Waals surface area contributed by atoms with E-state index in [4.69, 9.17) is 4.74 Å². The molecule has 0 unspecified atom stereocenters. The zero-order chi connectivity index (χ0) is 11.1. The van der Waals surface area contributed by atoms with Gasteiger partial charge in [0.2, 0.25) is 0 Å². The van der Waals surface area contributed by atoms with Gasteiger partial charge in [-0.05, 0) is 30.5 Å². The molecule has 1 aliphatic heterocycles. The van der Waals surface area contributed by atoms with Crippen molar-refractivity contribution in [3.8, 4) is 0 Å². The minimum atomic E-state index is 0.707. The van der Waals surface area contributed by atoms with Crippen LogP contribution >= 0.6 is 0 Å². The van der Waals surface area contributed by atoms with Crippen LogP contribution < -0.4 is 5.32 Å². The topological polar surface area (TPSA) is 21.3 Å². The Balaban J connectivity index is 1.73. The smallest absolute Gasteiger partial charge is 0.0721 e. The Kier molecular flexibility index (Phi) is 4.59. The summed E-state index contributed by atoms with van der Waals surface area (Å²) in [6, 6.07) is 10.3. The summed E-state index contributed by atoms with van der Waals surface area (Å²) < 4.78 is 5.71. The summed E-state index contributed by atoms with van der Waals surface area (Å²) in [7, 11) is 0. The summed E-state index contributed by atoms with van der Waals surface area (Å²) in [4.78, 5) is 0. The van der Waals surface area contributed by atoms with Crippen molar-refractivity contribution in [2.24, 2.45) is 0 Å². The van der Waals surface area contributed by atoms with Crippen molar-refractivity contribution < 1.29 is 4.74 Å². The molecule has 0 amide bonds. The fourth-order valence-electron chi connectivity index (χ4n) is 1.84. The molecule has 0 radical (unpaired) electrons. The Morgan fingerprint density at radius 3 is 2.88 bits per heavy atom. The predicted octanol–water partition coefficient (Wildman–Crippen LogP) is 2.51. The van der Waals surface area contributed by atoms with E-state index in [9.17, 15) is 0 Å². The first-order valence-corrected chi connectivity index (χ1v) is 5.95. The molecule has 86 valence electrons. The normalized spacial score (nSPS) is 16.6. The van der Waals surface area contributed by atoms with Crippen molar-refractivity contribution in [2.75, 3.05) is 19.7 Å². The van der Waals surface area contributed by atoms with Crippen molar-refractivity contribution in [2.45, 2.75) is 19.4 Å². The Bertz CT molecular complexity index is 332. The van der Waals surface area contributed by atoms with Gasteiger partial charge < -0.3 is 10.1 Å². The van der Waals surface area contributed by atoms with Gasteiger partial charge in [-0.3, -0.25) is 0 Å². The van der Waals surface area contributed by atoms with E-state index >= 15 is 0 Å². The average Bonchev–Trinajstić information content (AvgIpc) is 2.59. The highest BCUT2D eigenvalue weighted by Crippen LogP contribution is 2.06. The van der Waals surface area contributed by atoms with Crippen molar-refractivity contribution in [3.05, 3.63) is 47.5 Å². The molecule has 0 fully saturated rings. The molecule has 1 heterocycles. The number of benzene rings is 1. The minimum Gasteiger partial charge on any atom is -0.372 e. The highest BCUT2D eigenvalue weighted by molar-refractivity contribution is 5.13. The molecule has 0 bridgehead atoms. The lowest BCUT2D eigenvalue weighted by Gasteiger charge is -2.07. The number of hydrogen-bond acceptors (Lipinski definition) is 2. The van der Waals surface area contributed by atoms with Crippen LogP contribution in [0.4, 0.5) is 0 Å². The molecule has 1 aliphatic rings. The van der Waals surface area contributed by atoms with Crippen molar-refractivity contribution in [3.63, 3.8) is 0 Å². The van der Waals surface area contributed by atoms with Crippen LogP contribution in [0, 0.1) is 0 Å². The van der Waals surface area contributed by atoms with Crippen LogP contribution in [0.1, 0.15) is 18.4 Å². The Hall–Kier alpha value is -1.12. The molecule has 2 nitrogen and oxygen atoms in total. The van der Waals surface area contributed by atoms with Crippen LogP contribution in [-0.2, 0) is 11.3 Å². The quantitative estimate of drug-likeness (QED) is 0.782. The maximum atomic E-state index is 5.71. The van der Waals surface area contributed by atoms with Gasteiger partial charge in [0.25, 0.3) is 0 Å². The van der Waals surface area contributed by atoms with Crippen molar-refractivity contribution in [1.29, 1.82) is 0 Å². The van der Waals surface area contributed by atoms with Crippen LogP contribution in [0.15, 0.2) is 42.0 Å². The molecule has 0 aliphatic carbocycles. The molecule has 2 heteroatoms. The third kappa shape index (κ3) is 3.80. The number of rotatable bonds is 4. The molecule has 0 aromatic heterocycles. The standard InChI is InChI=1S/C14H19NO/c1-2-6-13(7-3-1)11-16-12-14-8-4-5-9-15-10-14/h1-3,6-8,15H,4-5,9-12H2. The fraction of sp³-hybridized carbons (Fsp3) is 0.429. The molecule has 1 N–H and O–H groups in total. The van der Waals surface area contributed by atoms with Crippen LogP contribution in [0.3, 0.4) is 0 Å². The molecular weight excluding hydrogens is 198 g/mol. The van der Waals surface area contributed by atoms with Crippen LogP contribution in [0.5, 0.6) is 0 Å². The molecule has 0 atom stereocenters. The first-order chi connectivity index (χ1) is 7.95. The summed E-state index contributed by atoms with van der Waals surface area (Å²) in [6.45, 7) is 3.56. The van der Waals surface area contributed by atoms with Gasteiger partial charge in [-0.1, -0.05) is 36.4 Å². The van der Waals surface area contributed by atoms with Gasteiger partial charge in [-0.25, -0.2) is 0 Å². The monoisotopic (exact) mass is 217 g/mol. The SMILES string of the molecule is C1=C(COCc2ccccc2)CNCCC1. The second-order valence-electron chi connectivity index (χ2n) is 4.16. The second-order valence-corrected chi connectivity index (χ2v) is 4.16. The Labute approximate surface area is 97.3 Å². The molecule has 0 saturated heterocycles. The van der Waals surface area contributed by atoms with E-state index in [1.807, 2.05) is 18.2 Å². The van der Waals surface area contributed by atoms with Gasteiger partial charge in [-0.2, -0.15) is 0 Å². The van der Waals surface area contributed by atoms with E-state index in [1.54, 1.807) is 0 Å². The largest absolute Gasteiger partial charge is 0.372 e. The fourth-order valence-corrected chi connectivity index (χ4v) is 1.84. The summed E-state index contributed by atoms with van der Waals surface area (Å²) in [5, 5.41) is 3.40. The van der Waals surface area contributed by atoms with Gasteiger partial charge in [0.1, 0.15) is 0 Å². The lowest BCUT2D eigenvalue weighted by molar-refractivity contribution is 0.141. The lowest BCUT2D eigenvalue weighted by Crippen LogP contribution is -2.18. The van der Waals surface area contributed by atoms with Gasteiger partial charge in [0, 0.05) is 6.54 Å². The highest BCUT2D eigenvalue weighted by Gasteiger charge is 2.01. The zero-order valence-electron chi connectivity index (χ0n) is 9.61. The van der Waals surface area contributed by atoms with E-state index in [2.05, 4.69) is 23.5 Å². The van der Waals surface area contributed by atoms with E-state index < -0.39 is 0 Å². The molecular formula is C14H19NO. The summed E-state index contributed by atoms with van der Waals surface area (Å²) in [6.07, 6.45) is 4.73. The average molecular weight is 217 g/mol. The van der Waals surface area contributed by atoms with Crippen molar-refractivity contribution >= 4 is 0 Å².